The van der Waals surface area contributed by atoms with Gasteiger partial charge in [-0.1, -0.05) is 15.9 Å². The predicted octanol–water partition coefficient (Wildman–Crippen LogP) is 1.91. The lowest BCUT2D eigenvalue weighted by Crippen LogP contribution is -2.49. The molecular weight excluding hydrogens is 373 g/mol. The van der Waals surface area contributed by atoms with E-state index in [1.807, 2.05) is 0 Å². The summed E-state index contributed by atoms with van der Waals surface area (Å²) in [5.74, 6) is -4.98. The number of halogens is 4. The Kier molecular flexibility index (Phi) is 5.92. The van der Waals surface area contributed by atoms with E-state index in [1.54, 1.807) is 12.1 Å². The van der Waals surface area contributed by atoms with E-state index in [4.69, 9.17) is 5.11 Å². The second-order valence-electron chi connectivity index (χ2n) is 4.12. The molecular formula is C12H10BrF3N2O4. The minimum atomic E-state index is -5.21. The first-order valence-electron chi connectivity index (χ1n) is 5.75. The van der Waals surface area contributed by atoms with Crippen LogP contribution in [0.3, 0.4) is 0 Å². The third-order valence-electron chi connectivity index (χ3n) is 2.37. The summed E-state index contributed by atoms with van der Waals surface area (Å²) in [6.07, 6.45) is -6.20. The molecule has 22 heavy (non-hydrogen) atoms. The van der Waals surface area contributed by atoms with Crippen molar-refractivity contribution < 1.29 is 32.7 Å². The Balaban J connectivity index is 2.82. The van der Waals surface area contributed by atoms with Gasteiger partial charge < -0.3 is 15.7 Å². The molecule has 0 saturated carbocycles. The smallest absolute Gasteiger partial charge is 0.471 e. The van der Waals surface area contributed by atoms with Crippen LogP contribution in [0.15, 0.2) is 28.7 Å². The average Bonchev–Trinajstić information content (AvgIpc) is 2.39. The fourth-order valence-electron chi connectivity index (χ4n) is 1.39. The highest BCUT2D eigenvalue weighted by Gasteiger charge is 2.41. The summed E-state index contributed by atoms with van der Waals surface area (Å²) in [4.78, 5) is 33.3. The van der Waals surface area contributed by atoms with Gasteiger partial charge in [-0.3, -0.25) is 14.4 Å². The SMILES string of the molecule is O=C(O)C[C@H](NC(=O)C(F)(F)F)C(=O)Nc1ccc(Br)cc1. The van der Waals surface area contributed by atoms with Crippen molar-refractivity contribution in [2.24, 2.45) is 0 Å². The molecule has 3 N–H and O–H groups in total. The number of carbonyl (C=O) groups is 3. The standard InChI is InChI=1S/C12H10BrF3N2O4/c13-6-1-3-7(4-2-6)17-10(21)8(5-9(19)20)18-11(22)12(14,15)16/h1-4,8H,5H2,(H,17,21)(H,18,22)(H,19,20)/t8-/m0/s1. The maximum atomic E-state index is 12.2. The van der Waals surface area contributed by atoms with Crippen LogP contribution in [0.25, 0.3) is 0 Å². The Bertz CT molecular complexity index is 575. The van der Waals surface area contributed by atoms with Crippen molar-refractivity contribution in [2.75, 3.05) is 5.32 Å². The van der Waals surface area contributed by atoms with Crippen molar-refractivity contribution >= 4 is 39.4 Å². The van der Waals surface area contributed by atoms with Gasteiger partial charge in [0.2, 0.25) is 5.91 Å². The maximum Gasteiger partial charge on any atom is 0.471 e. The first-order chi connectivity index (χ1) is 10.1. The van der Waals surface area contributed by atoms with E-state index in [2.05, 4.69) is 21.2 Å². The minimum absolute atomic E-state index is 0.241. The van der Waals surface area contributed by atoms with Crippen LogP contribution in [-0.2, 0) is 14.4 Å². The second kappa shape index (κ2) is 7.25. The number of hydrogen-bond acceptors (Lipinski definition) is 3. The van der Waals surface area contributed by atoms with Crippen molar-refractivity contribution in [2.45, 2.75) is 18.6 Å². The van der Waals surface area contributed by atoms with Crippen LogP contribution in [0.4, 0.5) is 18.9 Å². The molecule has 1 aromatic carbocycles. The van der Waals surface area contributed by atoms with Gasteiger partial charge in [-0.2, -0.15) is 13.2 Å². The highest BCUT2D eigenvalue weighted by atomic mass is 79.9. The quantitative estimate of drug-likeness (QED) is 0.724. The van der Waals surface area contributed by atoms with E-state index in [1.165, 1.54) is 17.4 Å². The van der Waals surface area contributed by atoms with Crippen LogP contribution >= 0.6 is 15.9 Å². The van der Waals surface area contributed by atoms with Gasteiger partial charge in [0.05, 0.1) is 6.42 Å². The highest BCUT2D eigenvalue weighted by molar-refractivity contribution is 9.10. The molecule has 0 bridgehead atoms. The van der Waals surface area contributed by atoms with Crippen molar-refractivity contribution in [1.82, 2.24) is 5.32 Å². The third kappa shape index (κ3) is 5.72. The molecule has 0 aromatic heterocycles. The van der Waals surface area contributed by atoms with Crippen LogP contribution < -0.4 is 10.6 Å². The zero-order valence-corrected chi connectivity index (χ0v) is 12.4. The van der Waals surface area contributed by atoms with E-state index in [-0.39, 0.29) is 5.69 Å². The molecule has 120 valence electrons. The number of aliphatic carboxylic acids is 1. The highest BCUT2D eigenvalue weighted by Crippen LogP contribution is 2.16. The zero-order valence-electron chi connectivity index (χ0n) is 10.8. The first kappa shape index (κ1) is 18.0. The molecule has 0 radical (unpaired) electrons. The van der Waals surface area contributed by atoms with Gasteiger partial charge in [0.1, 0.15) is 6.04 Å². The van der Waals surface area contributed by atoms with Crippen molar-refractivity contribution in [3.8, 4) is 0 Å². The molecule has 1 aromatic rings. The third-order valence-corrected chi connectivity index (χ3v) is 2.90. The summed E-state index contributed by atoms with van der Waals surface area (Å²) >= 11 is 3.16. The lowest BCUT2D eigenvalue weighted by atomic mass is 10.2. The first-order valence-corrected chi connectivity index (χ1v) is 6.55. The Morgan fingerprint density at radius 3 is 2.18 bits per heavy atom. The van der Waals surface area contributed by atoms with Crippen LogP contribution in [0.2, 0.25) is 0 Å². The van der Waals surface area contributed by atoms with Gasteiger partial charge in [-0.05, 0) is 24.3 Å². The molecule has 0 aliphatic carbocycles. The molecule has 6 nitrogen and oxygen atoms in total. The second-order valence-corrected chi connectivity index (χ2v) is 5.03. The van der Waals surface area contributed by atoms with Gasteiger partial charge in [-0.25, -0.2) is 0 Å². The van der Waals surface area contributed by atoms with Crippen LogP contribution in [0.5, 0.6) is 0 Å². The number of rotatable bonds is 5. The number of amides is 2. The number of benzene rings is 1. The normalized spacial score (nSPS) is 12.4. The summed E-state index contributed by atoms with van der Waals surface area (Å²) in [7, 11) is 0. The summed E-state index contributed by atoms with van der Waals surface area (Å²) < 4.78 is 37.3. The summed E-state index contributed by atoms with van der Waals surface area (Å²) in [5.41, 5.74) is 0.241. The van der Waals surface area contributed by atoms with Crippen molar-refractivity contribution in [3.05, 3.63) is 28.7 Å². The molecule has 0 aliphatic heterocycles. The summed E-state index contributed by atoms with van der Waals surface area (Å²) in [6, 6.07) is 4.18. The van der Waals surface area contributed by atoms with Gasteiger partial charge in [0.25, 0.3) is 0 Å². The van der Waals surface area contributed by atoms with E-state index in [0.717, 1.165) is 0 Å². The fraction of sp³-hybridized carbons (Fsp3) is 0.250. The van der Waals surface area contributed by atoms with E-state index >= 15 is 0 Å². The topological polar surface area (TPSA) is 95.5 Å². The minimum Gasteiger partial charge on any atom is -0.481 e. The molecule has 0 fully saturated rings. The summed E-state index contributed by atoms with van der Waals surface area (Å²) in [6.45, 7) is 0. The number of nitrogens with one attached hydrogen (secondary N) is 2. The monoisotopic (exact) mass is 382 g/mol. The molecule has 2 amide bonds. The molecule has 10 heteroatoms. The lowest BCUT2D eigenvalue weighted by Gasteiger charge is -2.17. The number of carboxylic acid groups (broad SMARTS) is 1. The number of anilines is 1. The molecule has 0 unspecified atom stereocenters. The van der Waals surface area contributed by atoms with Crippen LogP contribution in [0, 0.1) is 0 Å². The Morgan fingerprint density at radius 1 is 1.18 bits per heavy atom. The molecule has 1 rings (SSSR count). The molecule has 0 heterocycles. The molecule has 0 spiro atoms. The maximum absolute atomic E-state index is 12.2. The predicted molar refractivity (Wildman–Crippen MR) is 73.0 cm³/mol. The molecule has 0 saturated heterocycles. The van der Waals surface area contributed by atoms with Crippen molar-refractivity contribution in [1.29, 1.82) is 0 Å². The number of carboxylic acids is 1. The van der Waals surface area contributed by atoms with Gasteiger partial charge in [-0.15, -0.1) is 0 Å². The van der Waals surface area contributed by atoms with E-state index in [0.29, 0.717) is 4.47 Å². The number of hydrogen-bond donors (Lipinski definition) is 3. The number of alkyl halides is 3. The zero-order chi connectivity index (χ0) is 16.9. The van der Waals surface area contributed by atoms with Gasteiger partial charge in [0, 0.05) is 10.2 Å². The molecule has 1 atom stereocenters. The Labute approximate surface area is 130 Å². The van der Waals surface area contributed by atoms with Crippen molar-refractivity contribution in [3.63, 3.8) is 0 Å². The summed E-state index contributed by atoms with van der Waals surface area (Å²) in [5, 5.41) is 12.2. The van der Waals surface area contributed by atoms with Crippen LogP contribution in [-0.4, -0.2) is 35.1 Å². The fourth-order valence-corrected chi connectivity index (χ4v) is 1.65. The van der Waals surface area contributed by atoms with Crippen LogP contribution in [0.1, 0.15) is 6.42 Å². The Hall–Kier alpha value is -2.10. The number of carbonyl (C=O) groups excluding carboxylic acids is 2. The lowest BCUT2D eigenvalue weighted by molar-refractivity contribution is -0.174. The molecule has 0 aliphatic rings. The average molecular weight is 383 g/mol. The van der Waals surface area contributed by atoms with Gasteiger partial charge >= 0.3 is 18.1 Å². The largest absolute Gasteiger partial charge is 0.481 e. The van der Waals surface area contributed by atoms with Gasteiger partial charge in [0.15, 0.2) is 0 Å². The van der Waals surface area contributed by atoms with E-state index in [9.17, 15) is 27.6 Å². The van der Waals surface area contributed by atoms with E-state index < -0.39 is 36.4 Å². The Morgan fingerprint density at radius 2 is 1.73 bits per heavy atom.